The molecule has 0 saturated carbocycles. The second-order valence-corrected chi connectivity index (χ2v) is 16.3. The van der Waals surface area contributed by atoms with E-state index in [0.717, 1.165) is 90.5 Å². The Morgan fingerprint density at radius 2 is 1.40 bits per heavy atom. The fraction of sp³-hybridized carbons (Fsp3) is 0.476. The quantitative estimate of drug-likeness (QED) is 0.116. The Balaban J connectivity index is 1.01. The van der Waals surface area contributed by atoms with Crippen LogP contribution in [0.15, 0.2) is 42.7 Å². The lowest BCUT2D eigenvalue weighted by molar-refractivity contribution is -0.136. The van der Waals surface area contributed by atoms with Gasteiger partial charge in [-0.15, -0.1) is 0 Å². The summed E-state index contributed by atoms with van der Waals surface area (Å²) in [5.74, 6) is 2.18. The number of anilines is 2. The number of hydrogen-bond donors (Lipinski definition) is 5. The molecule has 2 saturated heterocycles. The molecule has 306 valence electrons. The van der Waals surface area contributed by atoms with Crippen molar-refractivity contribution in [3.63, 3.8) is 0 Å². The number of carbonyl (C=O) groups is 4. The van der Waals surface area contributed by atoms with Crippen molar-refractivity contribution in [3.8, 4) is 34.0 Å². The number of benzene rings is 2. The Morgan fingerprint density at radius 1 is 0.793 bits per heavy atom. The van der Waals surface area contributed by atoms with Gasteiger partial charge in [0.2, 0.25) is 11.8 Å². The number of carbonyl (C=O) groups excluding carboxylic acids is 3. The Labute approximate surface area is 336 Å². The number of carboxylic acid groups (broad SMARTS) is 1. The average molecular weight is 794 g/mol. The van der Waals surface area contributed by atoms with Gasteiger partial charge in [-0.2, -0.15) is 0 Å². The summed E-state index contributed by atoms with van der Waals surface area (Å²) in [6.45, 7) is 9.41. The van der Waals surface area contributed by atoms with Crippen molar-refractivity contribution in [1.82, 2.24) is 40.4 Å². The minimum Gasteiger partial charge on any atom is -0.465 e. The molecule has 4 aliphatic rings. The lowest BCUT2D eigenvalue weighted by atomic mass is 9.95. The summed E-state index contributed by atoms with van der Waals surface area (Å²) in [7, 11) is 1.29. The predicted molar refractivity (Wildman–Crippen MR) is 215 cm³/mol. The van der Waals surface area contributed by atoms with Crippen LogP contribution in [0, 0.1) is 11.8 Å². The van der Waals surface area contributed by atoms with Crippen LogP contribution in [-0.2, 0) is 20.7 Å². The van der Waals surface area contributed by atoms with Crippen molar-refractivity contribution in [2.24, 2.45) is 11.8 Å². The van der Waals surface area contributed by atoms with Gasteiger partial charge in [0, 0.05) is 30.8 Å². The molecule has 16 nitrogen and oxygen atoms in total. The van der Waals surface area contributed by atoms with Gasteiger partial charge >= 0.3 is 12.2 Å². The normalized spacial score (nSPS) is 19.4. The number of likely N-dealkylation sites (tertiary alicyclic amines) is 2. The van der Waals surface area contributed by atoms with Crippen molar-refractivity contribution in [3.05, 3.63) is 59.9 Å². The lowest BCUT2D eigenvalue weighted by Crippen LogP contribution is -2.51. The maximum absolute atomic E-state index is 13.7. The molecule has 8 rings (SSSR count). The number of ether oxygens (including phenoxy) is 2. The Morgan fingerprint density at radius 3 is 1.98 bits per heavy atom. The molecule has 4 atom stereocenters. The van der Waals surface area contributed by atoms with Crippen LogP contribution in [0.1, 0.15) is 89.1 Å². The van der Waals surface area contributed by atoms with Gasteiger partial charge < -0.3 is 49.9 Å². The first-order valence-electron chi connectivity index (χ1n) is 20.2. The molecule has 0 aliphatic carbocycles. The fourth-order valence-corrected chi connectivity index (χ4v) is 8.91. The van der Waals surface area contributed by atoms with Crippen molar-refractivity contribution >= 4 is 35.4 Å². The highest BCUT2D eigenvalue weighted by Gasteiger charge is 2.39. The van der Waals surface area contributed by atoms with Crippen molar-refractivity contribution < 1.29 is 33.8 Å². The number of aromatic amines is 2. The number of rotatable bonds is 10. The summed E-state index contributed by atoms with van der Waals surface area (Å²) in [6, 6.07) is 8.27. The standard InChI is InChI=1S/C42H51N9O7/c1-22(2)34(47-41(54)55)39(52)50-15-7-10-29(50)37-43-20-27(45-37)24-12-13-32-31(18-24)49-14-6-9-25-17-26(19-33(58-32)36(25)49)28-21-44-38(46-28)30-11-8-16-51(30)40(53)35(23(3)4)48-42(56)57-5/h12-13,17-23,29-30,34-35,47H,6-11,14-16H2,1-5H3,(H,43,45)(H,44,46)(H,48,56)(H,54,55)/t29-,30-,34-,35-/m0/s1. The number of alkyl carbamates (subject to hydrolysis) is 1. The van der Waals surface area contributed by atoms with E-state index in [1.165, 1.54) is 12.7 Å². The van der Waals surface area contributed by atoms with Crippen LogP contribution in [0.4, 0.5) is 21.0 Å². The van der Waals surface area contributed by atoms with Gasteiger partial charge in [0.15, 0.2) is 11.5 Å². The number of imidazole rings is 2. The van der Waals surface area contributed by atoms with E-state index in [4.69, 9.17) is 19.4 Å². The first-order valence-corrected chi connectivity index (χ1v) is 20.2. The van der Waals surface area contributed by atoms with Crippen LogP contribution in [0.2, 0.25) is 0 Å². The van der Waals surface area contributed by atoms with Crippen LogP contribution in [-0.4, -0.2) is 97.7 Å². The first kappa shape index (κ1) is 38.8. The molecule has 4 amide bonds. The summed E-state index contributed by atoms with van der Waals surface area (Å²) in [5.41, 5.74) is 6.70. The third kappa shape index (κ3) is 7.19. The maximum Gasteiger partial charge on any atom is 0.407 e. The predicted octanol–water partition coefficient (Wildman–Crippen LogP) is 6.66. The lowest BCUT2D eigenvalue weighted by Gasteiger charge is -2.38. The zero-order chi connectivity index (χ0) is 40.8. The largest absolute Gasteiger partial charge is 0.465 e. The van der Waals surface area contributed by atoms with Gasteiger partial charge in [-0.3, -0.25) is 9.59 Å². The molecule has 0 bridgehead atoms. The molecule has 0 spiro atoms. The molecular formula is C42H51N9O7. The van der Waals surface area contributed by atoms with Gasteiger partial charge in [0.1, 0.15) is 23.7 Å². The van der Waals surface area contributed by atoms with E-state index in [9.17, 15) is 24.3 Å². The number of methoxy groups -OCH3 is 1. The number of aromatic nitrogens is 4. The highest BCUT2D eigenvalue weighted by molar-refractivity contribution is 5.88. The first-order chi connectivity index (χ1) is 27.9. The molecule has 4 aliphatic heterocycles. The topological polar surface area (TPSA) is 198 Å². The number of amides is 4. The molecule has 2 aromatic heterocycles. The van der Waals surface area contributed by atoms with E-state index in [0.29, 0.717) is 24.7 Å². The van der Waals surface area contributed by atoms with Crippen molar-refractivity contribution in [2.75, 3.05) is 31.6 Å². The zero-order valence-electron chi connectivity index (χ0n) is 33.5. The number of fused-ring (bicyclic) bond motifs is 2. The molecule has 2 fully saturated rings. The van der Waals surface area contributed by atoms with Gasteiger partial charge in [-0.25, -0.2) is 19.6 Å². The van der Waals surface area contributed by atoms with E-state index in [1.54, 1.807) is 11.1 Å². The third-order valence-corrected chi connectivity index (χ3v) is 11.8. The minimum absolute atomic E-state index is 0.122. The highest BCUT2D eigenvalue weighted by Crippen LogP contribution is 2.52. The van der Waals surface area contributed by atoms with Crippen LogP contribution in [0.5, 0.6) is 11.5 Å². The average Bonchev–Trinajstić information content (AvgIpc) is 4.05. The summed E-state index contributed by atoms with van der Waals surface area (Å²) in [4.78, 5) is 73.0. The Hall–Kier alpha value is -6.06. The molecule has 2 aromatic carbocycles. The van der Waals surface area contributed by atoms with E-state index < -0.39 is 24.3 Å². The monoisotopic (exact) mass is 793 g/mol. The zero-order valence-corrected chi connectivity index (χ0v) is 33.5. The second-order valence-electron chi connectivity index (χ2n) is 16.3. The highest BCUT2D eigenvalue weighted by atomic mass is 16.5. The van der Waals surface area contributed by atoms with Gasteiger partial charge in [0.25, 0.3) is 0 Å². The van der Waals surface area contributed by atoms with Gasteiger partial charge in [-0.1, -0.05) is 27.7 Å². The van der Waals surface area contributed by atoms with Crippen LogP contribution in [0.25, 0.3) is 22.5 Å². The van der Waals surface area contributed by atoms with Crippen LogP contribution >= 0.6 is 0 Å². The molecule has 6 heterocycles. The van der Waals surface area contributed by atoms with Gasteiger partial charge in [0.05, 0.1) is 54.3 Å². The number of hydrogen-bond acceptors (Lipinski definition) is 9. The Bertz CT molecular complexity index is 2230. The van der Waals surface area contributed by atoms with E-state index in [1.807, 2.05) is 57.0 Å². The van der Waals surface area contributed by atoms with E-state index in [-0.39, 0.29) is 35.7 Å². The van der Waals surface area contributed by atoms with Crippen molar-refractivity contribution in [2.45, 2.75) is 90.4 Å². The summed E-state index contributed by atoms with van der Waals surface area (Å²) in [6.07, 6.45) is 6.73. The SMILES string of the molecule is COC(=O)N[C@H](C(=O)N1CCC[C@H]1c1ncc(-c2cc3c4c(c2)Oc2ccc(-c5cnc([C@@H]6CCCN6C(=O)[C@@H](NC(=O)O)C(C)C)[nH]5)cc2N4CCC3)[nH]1)C(C)C. The van der Waals surface area contributed by atoms with E-state index in [2.05, 4.69) is 37.6 Å². The molecule has 0 unspecified atom stereocenters. The van der Waals surface area contributed by atoms with E-state index >= 15 is 0 Å². The second kappa shape index (κ2) is 15.7. The number of nitrogens with one attached hydrogen (secondary N) is 4. The maximum atomic E-state index is 13.7. The van der Waals surface area contributed by atoms with Crippen molar-refractivity contribution in [1.29, 1.82) is 0 Å². The summed E-state index contributed by atoms with van der Waals surface area (Å²) in [5, 5.41) is 14.5. The number of H-pyrrole nitrogens is 2. The molecular weight excluding hydrogens is 743 g/mol. The molecule has 16 heteroatoms. The van der Waals surface area contributed by atoms with Crippen LogP contribution < -0.4 is 20.3 Å². The third-order valence-electron chi connectivity index (χ3n) is 11.8. The minimum atomic E-state index is -1.22. The Kier molecular flexibility index (Phi) is 10.5. The molecule has 58 heavy (non-hydrogen) atoms. The number of aryl methyl sites for hydroxylation is 1. The summed E-state index contributed by atoms with van der Waals surface area (Å²) >= 11 is 0. The molecule has 4 aromatic rings. The fourth-order valence-electron chi connectivity index (χ4n) is 8.91. The van der Waals surface area contributed by atoms with Crippen LogP contribution in [0.3, 0.4) is 0 Å². The molecule has 5 N–H and O–H groups in total. The smallest absolute Gasteiger partial charge is 0.407 e. The number of nitrogens with zero attached hydrogens (tertiary/aromatic N) is 5. The molecule has 0 radical (unpaired) electrons. The van der Waals surface area contributed by atoms with Gasteiger partial charge in [-0.05, 0) is 86.3 Å². The summed E-state index contributed by atoms with van der Waals surface area (Å²) < 4.78 is 11.4.